The Bertz CT molecular complexity index is 964. The number of amides is 1. The van der Waals surface area contributed by atoms with Crippen LogP contribution in [0.3, 0.4) is 0 Å². The minimum absolute atomic E-state index is 0.0113. The molecule has 0 radical (unpaired) electrons. The van der Waals surface area contributed by atoms with E-state index in [1.54, 1.807) is 12.4 Å². The number of carbonyl (C=O) groups is 1. The Morgan fingerprint density at radius 3 is 2.89 bits per heavy atom. The first kappa shape index (κ1) is 17.3. The lowest BCUT2D eigenvalue weighted by Crippen LogP contribution is -2.28. The highest BCUT2D eigenvalue weighted by atomic mass is 16.5. The molecule has 0 atom stereocenters. The molecule has 0 spiro atoms. The van der Waals surface area contributed by atoms with E-state index in [-0.39, 0.29) is 12.5 Å². The fourth-order valence-electron chi connectivity index (χ4n) is 3.36. The smallest absolute Gasteiger partial charge is 0.258 e. The minimum Gasteiger partial charge on any atom is -0.484 e. The van der Waals surface area contributed by atoms with Crippen molar-refractivity contribution in [2.75, 3.05) is 6.61 Å². The van der Waals surface area contributed by atoms with Gasteiger partial charge in [0.05, 0.1) is 0 Å². The fourth-order valence-corrected chi connectivity index (χ4v) is 3.36. The molecule has 0 saturated carbocycles. The third-order valence-electron chi connectivity index (χ3n) is 4.81. The van der Waals surface area contributed by atoms with Crippen molar-refractivity contribution < 1.29 is 9.53 Å². The minimum atomic E-state index is -0.146. The molecule has 1 aliphatic carbocycles. The summed E-state index contributed by atoms with van der Waals surface area (Å²) in [6, 6.07) is 9.93. The molecule has 1 aromatic carbocycles. The molecule has 0 fully saturated rings. The second-order valence-corrected chi connectivity index (χ2v) is 6.72. The normalized spacial score (nSPS) is 12.6. The Hall–Kier alpha value is -3.15. The van der Waals surface area contributed by atoms with Gasteiger partial charge in [0.2, 0.25) is 0 Å². The first-order valence-corrected chi connectivity index (χ1v) is 9.15. The molecule has 2 heterocycles. The molecule has 0 unspecified atom stereocenters. The number of nitrogens with zero attached hydrogens (tertiary/aromatic N) is 3. The zero-order chi connectivity index (χ0) is 18.6. The Balaban J connectivity index is 1.31. The summed E-state index contributed by atoms with van der Waals surface area (Å²) in [6.45, 7) is 2.36. The number of nitrogens with one attached hydrogen (secondary N) is 1. The number of fused-ring (bicyclic) bond motifs is 1. The average Bonchev–Trinajstić information content (AvgIpc) is 3.33. The second-order valence-electron chi connectivity index (χ2n) is 6.72. The van der Waals surface area contributed by atoms with Gasteiger partial charge in [0.25, 0.3) is 5.91 Å². The molecule has 1 N–H and O–H groups in total. The number of hydrogen-bond donors (Lipinski definition) is 1. The molecular formula is C21H22N4O2. The van der Waals surface area contributed by atoms with Gasteiger partial charge in [-0.3, -0.25) is 9.36 Å². The van der Waals surface area contributed by atoms with Crippen LogP contribution in [0.15, 0.2) is 48.9 Å². The molecule has 3 aromatic rings. The lowest BCUT2D eigenvalue weighted by Gasteiger charge is -2.10. The maximum Gasteiger partial charge on any atom is 0.258 e. The highest BCUT2D eigenvalue weighted by molar-refractivity contribution is 5.77. The molecule has 1 amide bonds. The number of pyridine rings is 1. The third-order valence-corrected chi connectivity index (χ3v) is 4.81. The van der Waals surface area contributed by atoms with E-state index >= 15 is 0 Å². The van der Waals surface area contributed by atoms with Crippen LogP contribution in [0.1, 0.15) is 28.9 Å². The zero-order valence-electron chi connectivity index (χ0n) is 15.3. The van der Waals surface area contributed by atoms with Crippen LogP contribution in [0, 0.1) is 6.92 Å². The highest BCUT2D eigenvalue weighted by Gasteiger charge is 2.12. The van der Waals surface area contributed by atoms with Crippen molar-refractivity contribution in [1.29, 1.82) is 0 Å². The van der Waals surface area contributed by atoms with Crippen LogP contribution in [0.2, 0.25) is 0 Å². The van der Waals surface area contributed by atoms with Crippen molar-refractivity contribution in [2.24, 2.45) is 0 Å². The Morgan fingerprint density at radius 2 is 2.04 bits per heavy atom. The Kier molecular flexibility index (Phi) is 4.87. The van der Waals surface area contributed by atoms with Gasteiger partial charge in [-0.15, -0.1) is 0 Å². The van der Waals surface area contributed by atoms with Crippen molar-refractivity contribution in [3.05, 3.63) is 71.4 Å². The molecule has 4 rings (SSSR count). The second kappa shape index (κ2) is 7.61. The summed E-state index contributed by atoms with van der Waals surface area (Å²) < 4.78 is 7.55. The average molecular weight is 362 g/mol. The van der Waals surface area contributed by atoms with Crippen LogP contribution < -0.4 is 10.1 Å². The van der Waals surface area contributed by atoms with Gasteiger partial charge in [0.1, 0.15) is 17.4 Å². The van der Waals surface area contributed by atoms with E-state index in [1.807, 2.05) is 35.9 Å². The molecule has 0 saturated heterocycles. The number of aromatic nitrogens is 3. The summed E-state index contributed by atoms with van der Waals surface area (Å²) in [5, 5.41) is 2.89. The maximum atomic E-state index is 12.1. The van der Waals surface area contributed by atoms with Crippen molar-refractivity contribution >= 4 is 5.91 Å². The van der Waals surface area contributed by atoms with Gasteiger partial charge in [-0.1, -0.05) is 6.07 Å². The molecule has 1 aliphatic rings. The number of benzene rings is 1. The van der Waals surface area contributed by atoms with E-state index in [2.05, 4.69) is 27.4 Å². The topological polar surface area (TPSA) is 69.0 Å². The predicted octanol–water partition coefficient (Wildman–Crippen LogP) is 2.76. The van der Waals surface area contributed by atoms with E-state index in [9.17, 15) is 4.79 Å². The first-order valence-electron chi connectivity index (χ1n) is 9.15. The van der Waals surface area contributed by atoms with Crippen LogP contribution in [-0.2, 0) is 24.2 Å². The third kappa shape index (κ3) is 4.00. The maximum absolute atomic E-state index is 12.1. The van der Waals surface area contributed by atoms with E-state index in [4.69, 9.17) is 4.74 Å². The van der Waals surface area contributed by atoms with Gasteiger partial charge < -0.3 is 10.1 Å². The van der Waals surface area contributed by atoms with Gasteiger partial charge in [-0.05, 0) is 67.1 Å². The van der Waals surface area contributed by atoms with Crippen LogP contribution in [0.5, 0.6) is 5.75 Å². The molecular weight excluding hydrogens is 340 g/mol. The summed E-state index contributed by atoms with van der Waals surface area (Å²) in [6.07, 6.45) is 8.78. The van der Waals surface area contributed by atoms with Gasteiger partial charge >= 0.3 is 0 Å². The SMILES string of the molecule is Cc1nccn1-c1cc(CNC(=O)COc2ccc3c(c2)CCC3)ccn1. The zero-order valence-corrected chi connectivity index (χ0v) is 15.3. The Morgan fingerprint density at radius 1 is 1.15 bits per heavy atom. The monoisotopic (exact) mass is 362 g/mol. The number of ether oxygens (including phenoxy) is 1. The van der Waals surface area contributed by atoms with E-state index in [0.717, 1.165) is 35.8 Å². The molecule has 27 heavy (non-hydrogen) atoms. The van der Waals surface area contributed by atoms with Crippen molar-refractivity contribution in [3.63, 3.8) is 0 Å². The Labute approximate surface area is 158 Å². The van der Waals surface area contributed by atoms with E-state index in [1.165, 1.54) is 17.5 Å². The summed E-state index contributed by atoms with van der Waals surface area (Å²) in [5.41, 5.74) is 3.71. The van der Waals surface area contributed by atoms with Gasteiger partial charge in [0, 0.05) is 25.1 Å². The van der Waals surface area contributed by atoms with E-state index < -0.39 is 0 Å². The van der Waals surface area contributed by atoms with Gasteiger partial charge in [-0.2, -0.15) is 0 Å². The number of aryl methyl sites for hydroxylation is 3. The number of hydrogen-bond acceptors (Lipinski definition) is 4. The summed E-state index contributed by atoms with van der Waals surface area (Å²) >= 11 is 0. The molecule has 0 bridgehead atoms. The van der Waals surface area contributed by atoms with Crippen LogP contribution in [0.4, 0.5) is 0 Å². The van der Waals surface area contributed by atoms with Crippen LogP contribution in [-0.4, -0.2) is 27.0 Å². The van der Waals surface area contributed by atoms with Gasteiger partial charge in [0.15, 0.2) is 6.61 Å². The lowest BCUT2D eigenvalue weighted by atomic mass is 10.1. The van der Waals surface area contributed by atoms with Gasteiger partial charge in [-0.25, -0.2) is 9.97 Å². The summed E-state index contributed by atoms with van der Waals surface area (Å²) in [7, 11) is 0. The quantitative estimate of drug-likeness (QED) is 0.732. The molecule has 0 aliphatic heterocycles. The number of carbonyl (C=O) groups excluding carboxylic acids is 1. The van der Waals surface area contributed by atoms with E-state index in [0.29, 0.717) is 6.54 Å². The van der Waals surface area contributed by atoms with Crippen molar-refractivity contribution in [2.45, 2.75) is 32.7 Å². The summed E-state index contributed by atoms with van der Waals surface area (Å²) in [4.78, 5) is 20.7. The molecule has 6 heteroatoms. The standard InChI is InChI=1S/C21H22N4O2/c1-15-22-9-10-25(15)20-11-16(7-8-23-20)13-24-21(26)14-27-19-6-5-17-3-2-4-18(17)12-19/h5-12H,2-4,13-14H2,1H3,(H,24,26). The first-order chi connectivity index (χ1) is 13.2. The number of imidazole rings is 1. The van der Waals surface area contributed by atoms with Crippen molar-refractivity contribution in [3.8, 4) is 11.6 Å². The largest absolute Gasteiger partial charge is 0.484 e. The number of rotatable bonds is 6. The lowest BCUT2D eigenvalue weighted by molar-refractivity contribution is -0.123. The van der Waals surface area contributed by atoms with Crippen LogP contribution in [0.25, 0.3) is 5.82 Å². The molecule has 138 valence electrons. The van der Waals surface area contributed by atoms with Crippen LogP contribution >= 0.6 is 0 Å². The molecule has 6 nitrogen and oxygen atoms in total. The predicted molar refractivity (Wildman–Crippen MR) is 102 cm³/mol. The highest BCUT2D eigenvalue weighted by Crippen LogP contribution is 2.25. The molecule has 2 aromatic heterocycles. The fraction of sp³-hybridized carbons (Fsp3) is 0.286. The van der Waals surface area contributed by atoms with Crippen molar-refractivity contribution in [1.82, 2.24) is 19.9 Å². The summed E-state index contributed by atoms with van der Waals surface area (Å²) in [5.74, 6) is 2.26.